The number of imidazole rings is 1. The molecular formula is C18H22ClN3O2. The number of aromatic amines is 1. The van der Waals surface area contributed by atoms with Crippen molar-refractivity contribution >= 4 is 11.6 Å². The third kappa shape index (κ3) is 3.43. The van der Waals surface area contributed by atoms with E-state index in [1.165, 1.54) is 0 Å². The molecule has 1 saturated carbocycles. The molecule has 5 nitrogen and oxygen atoms in total. The highest BCUT2D eigenvalue weighted by Crippen LogP contribution is 2.38. The second kappa shape index (κ2) is 6.75. The molecule has 0 unspecified atom stereocenters. The summed E-state index contributed by atoms with van der Waals surface area (Å²) < 4.78 is 6.03. The zero-order chi connectivity index (χ0) is 16.5. The number of aliphatic hydroxyl groups is 1. The van der Waals surface area contributed by atoms with Crippen LogP contribution in [0.3, 0.4) is 0 Å². The van der Waals surface area contributed by atoms with E-state index in [2.05, 4.69) is 14.9 Å². The molecule has 0 bridgehead atoms. The number of nitrogens with zero attached hydrogens (tertiary/aromatic N) is 2. The minimum atomic E-state index is -0.419. The minimum absolute atomic E-state index is 0.156. The summed E-state index contributed by atoms with van der Waals surface area (Å²) in [7, 11) is 0. The van der Waals surface area contributed by atoms with Crippen LogP contribution in [0.5, 0.6) is 5.75 Å². The molecule has 0 radical (unpaired) electrons. The molecule has 2 aliphatic rings. The second-order valence-electron chi connectivity index (χ2n) is 6.94. The molecule has 0 spiro atoms. The number of likely N-dealkylation sites (tertiary alicyclic amines) is 1. The van der Waals surface area contributed by atoms with Crippen LogP contribution in [0.15, 0.2) is 36.8 Å². The topological polar surface area (TPSA) is 61.4 Å². The van der Waals surface area contributed by atoms with Gasteiger partial charge in [-0.15, -0.1) is 0 Å². The zero-order valence-electron chi connectivity index (χ0n) is 13.4. The number of rotatable bonds is 4. The first-order valence-corrected chi connectivity index (χ1v) is 8.85. The molecule has 6 heteroatoms. The fourth-order valence-corrected chi connectivity index (χ4v) is 4.25. The van der Waals surface area contributed by atoms with Crippen LogP contribution in [-0.2, 0) is 6.54 Å². The van der Waals surface area contributed by atoms with E-state index in [1.54, 1.807) is 12.4 Å². The van der Waals surface area contributed by atoms with Crippen LogP contribution in [0.2, 0.25) is 5.02 Å². The number of ether oxygens (including phenoxy) is 1. The van der Waals surface area contributed by atoms with Crippen molar-refractivity contribution in [2.75, 3.05) is 13.1 Å². The Balaban J connectivity index is 1.38. The van der Waals surface area contributed by atoms with E-state index in [4.69, 9.17) is 16.3 Å². The van der Waals surface area contributed by atoms with E-state index < -0.39 is 6.10 Å². The van der Waals surface area contributed by atoms with Crippen molar-refractivity contribution in [2.24, 2.45) is 11.8 Å². The fraction of sp³-hybridized carbons (Fsp3) is 0.500. The van der Waals surface area contributed by atoms with Gasteiger partial charge in [-0.2, -0.15) is 0 Å². The Hall–Kier alpha value is -1.56. The predicted octanol–water partition coefficient (Wildman–Crippen LogP) is 2.71. The van der Waals surface area contributed by atoms with Crippen LogP contribution < -0.4 is 4.74 Å². The van der Waals surface area contributed by atoms with Crippen molar-refractivity contribution in [3.8, 4) is 5.75 Å². The Bertz CT molecular complexity index is 679. The molecule has 1 aliphatic heterocycles. The van der Waals surface area contributed by atoms with Gasteiger partial charge in [-0.25, -0.2) is 4.98 Å². The molecule has 128 valence electrons. The van der Waals surface area contributed by atoms with Gasteiger partial charge in [-0.1, -0.05) is 17.7 Å². The molecule has 2 N–H and O–H groups in total. The Morgan fingerprint density at radius 1 is 1.29 bits per heavy atom. The molecule has 2 aromatic rings. The third-order valence-corrected chi connectivity index (χ3v) is 5.43. The molecule has 0 amide bonds. The van der Waals surface area contributed by atoms with Gasteiger partial charge < -0.3 is 14.8 Å². The summed E-state index contributed by atoms with van der Waals surface area (Å²) in [6, 6.07) is 7.40. The highest BCUT2D eigenvalue weighted by atomic mass is 35.5. The van der Waals surface area contributed by atoms with E-state index in [1.807, 2.05) is 24.4 Å². The SMILES string of the molecule is O[C@@H]1C[C@H]2CN(Cc3cnc[nH]3)C[C@H]2C[C@H]1Oc1cccc(Cl)c1. The highest BCUT2D eigenvalue weighted by Gasteiger charge is 2.42. The molecule has 4 atom stereocenters. The van der Waals surface area contributed by atoms with Crippen molar-refractivity contribution in [2.45, 2.75) is 31.6 Å². The van der Waals surface area contributed by atoms with Crippen molar-refractivity contribution < 1.29 is 9.84 Å². The molecule has 2 fully saturated rings. The third-order valence-electron chi connectivity index (χ3n) is 5.19. The van der Waals surface area contributed by atoms with Crippen molar-refractivity contribution in [3.05, 3.63) is 47.5 Å². The smallest absolute Gasteiger partial charge is 0.125 e. The van der Waals surface area contributed by atoms with E-state index >= 15 is 0 Å². The minimum Gasteiger partial charge on any atom is -0.488 e. The van der Waals surface area contributed by atoms with Crippen molar-refractivity contribution in [1.29, 1.82) is 0 Å². The second-order valence-corrected chi connectivity index (χ2v) is 7.38. The Kier molecular flexibility index (Phi) is 4.48. The molecule has 1 aromatic heterocycles. The first-order valence-electron chi connectivity index (χ1n) is 8.47. The highest BCUT2D eigenvalue weighted by molar-refractivity contribution is 6.30. The number of aromatic nitrogens is 2. The Morgan fingerprint density at radius 2 is 2.12 bits per heavy atom. The fourth-order valence-electron chi connectivity index (χ4n) is 4.07. The molecular weight excluding hydrogens is 326 g/mol. The zero-order valence-corrected chi connectivity index (χ0v) is 14.2. The average Bonchev–Trinajstić information content (AvgIpc) is 3.17. The number of fused-ring (bicyclic) bond motifs is 1. The lowest BCUT2D eigenvalue weighted by Crippen LogP contribution is -2.42. The van der Waals surface area contributed by atoms with Crippen molar-refractivity contribution in [1.82, 2.24) is 14.9 Å². The maximum absolute atomic E-state index is 10.5. The van der Waals surface area contributed by atoms with Gasteiger partial charge in [-0.3, -0.25) is 4.90 Å². The van der Waals surface area contributed by atoms with E-state index in [9.17, 15) is 5.11 Å². The Labute approximate surface area is 146 Å². The molecule has 2 heterocycles. The van der Waals surface area contributed by atoms with Crippen LogP contribution in [0.4, 0.5) is 0 Å². The lowest BCUT2D eigenvalue weighted by Gasteiger charge is -2.35. The van der Waals surface area contributed by atoms with Crippen LogP contribution in [0, 0.1) is 11.8 Å². The normalized spacial score (nSPS) is 30.2. The van der Waals surface area contributed by atoms with Gasteiger partial charge in [0.15, 0.2) is 0 Å². The first-order chi connectivity index (χ1) is 11.7. The lowest BCUT2D eigenvalue weighted by atomic mass is 9.78. The first kappa shape index (κ1) is 15.9. The number of aliphatic hydroxyl groups excluding tert-OH is 1. The number of benzene rings is 1. The summed E-state index contributed by atoms with van der Waals surface area (Å²) in [5.41, 5.74) is 1.14. The van der Waals surface area contributed by atoms with E-state index in [-0.39, 0.29) is 6.10 Å². The van der Waals surface area contributed by atoms with Gasteiger partial charge in [0.05, 0.1) is 12.4 Å². The molecule has 1 aromatic carbocycles. The predicted molar refractivity (Wildman–Crippen MR) is 92.0 cm³/mol. The summed E-state index contributed by atoms with van der Waals surface area (Å²) in [6.45, 7) is 2.97. The van der Waals surface area contributed by atoms with Gasteiger partial charge in [-0.05, 0) is 42.9 Å². The number of hydrogen-bond acceptors (Lipinski definition) is 4. The van der Waals surface area contributed by atoms with Gasteiger partial charge in [0.1, 0.15) is 11.9 Å². The van der Waals surface area contributed by atoms with Gasteiger partial charge in [0.25, 0.3) is 0 Å². The largest absolute Gasteiger partial charge is 0.488 e. The average molecular weight is 348 g/mol. The number of nitrogens with one attached hydrogen (secondary N) is 1. The molecule has 4 rings (SSSR count). The maximum atomic E-state index is 10.5. The van der Waals surface area contributed by atoms with Gasteiger partial charge >= 0.3 is 0 Å². The van der Waals surface area contributed by atoms with Crippen LogP contribution in [-0.4, -0.2) is 45.3 Å². The number of H-pyrrole nitrogens is 1. The molecule has 24 heavy (non-hydrogen) atoms. The summed E-state index contributed by atoms with van der Waals surface area (Å²) in [5, 5.41) is 11.2. The summed E-state index contributed by atoms with van der Waals surface area (Å²) in [6.07, 6.45) is 4.71. The number of hydrogen-bond donors (Lipinski definition) is 2. The summed E-state index contributed by atoms with van der Waals surface area (Å²) in [5.74, 6) is 1.85. The molecule has 1 aliphatic carbocycles. The lowest BCUT2D eigenvalue weighted by molar-refractivity contribution is -0.0231. The number of halogens is 1. The van der Waals surface area contributed by atoms with Gasteiger partial charge in [0.2, 0.25) is 0 Å². The van der Waals surface area contributed by atoms with E-state index in [0.717, 1.165) is 43.9 Å². The van der Waals surface area contributed by atoms with Crippen LogP contribution >= 0.6 is 11.6 Å². The molecule has 1 saturated heterocycles. The van der Waals surface area contributed by atoms with Gasteiger partial charge in [0, 0.05) is 36.5 Å². The quantitative estimate of drug-likeness (QED) is 0.892. The van der Waals surface area contributed by atoms with Crippen LogP contribution in [0.25, 0.3) is 0 Å². The maximum Gasteiger partial charge on any atom is 0.125 e. The Morgan fingerprint density at radius 3 is 2.88 bits per heavy atom. The van der Waals surface area contributed by atoms with Crippen LogP contribution in [0.1, 0.15) is 18.5 Å². The monoisotopic (exact) mass is 347 g/mol. The summed E-state index contributed by atoms with van der Waals surface area (Å²) >= 11 is 6.02. The standard InChI is InChI=1S/C18H22ClN3O2/c19-14-2-1-3-16(6-14)24-18-5-13-9-22(8-12(13)4-17(18)23)10-15-7-20-11-21-15/h1-3,6-7,11-13,17-18,23H,4-5,8-10H2,(H,20,21)/t12-,13+,17+,18+/m0/s1. The van der Waals surface area contributed by atoms with Crippen molar-refractivity contribution in [3.63, 3.8) is 0 Å². The summed E-state index contributed by atoms with van der Waals surface area (Å²) in [4.78, 5) is 9.68. The van der Waals surface area contributed by atoms with E-state index in [0.29, 0.717) is 16.9 Å².